The summed E-state index contributed by atoms with van der Waals surface area (Å²) in [6, 6.07) is 7.16. The standard InChI is InChI=1S/C14H21NO2/c1-11(2)10-15(3)14(17)9-8-12-6-4-5-7-13(12)16/h4-7,11,16H,8-10H2,1-3H3. The molecule has 0 unspecified atom stereocenters. The van der Waals surface area contributed by atoms with Crippen LogP contribution in [0.4, 0.5) is 0 Å². The van der Waals surface area contributed by atoms with Gasteiger partial charge in [0, 0.05) is 20.0 Å². The molecule has 0 bridgehead atoms. The van der Waals surface area contributed by atoms with Gasteiger partial charge in [-0.15, -0.1) is 0 Å². The number of rotatable bonds is 5. The van der Waals surface area contributed by atoms with Crippen LogP contribution in [0.25, 0.3) is 0 Å². The van der Waals surface area contributed by atoms with Crippen LogP contribution < -0.4 is 0 Å². The molecule has 0 saturated carbocycles. The van der Waals surface area contributed by atoms with E-state index in [1.165, 1.54) is 0 Å². The number of carbonyl (C=O) groups excluding carboxylic acids is 1. The Morgan fingerprint density at radius 2 is 2.00 bits per heavy atom. The van der Waals surface area contributed by atoms with Gasteiger partial charge in [-0.05, 0) is 24.0 Å². The summed E-state index contributed by atoms with van der Waals surface area (Å²) in [4.78, 5) is 13.6. The molecule has 1 rings (SSSR count). The van der Waals surface area contributed by atoms with Gasteiger partial charge in [0.2, 0.25) is 5.91 Å². The predicted octanol–water partition coefficient (Wildman–Crippen LogP) is 2.44. The highest BCUT2D eigenvalue weighted by atomic mass is 16.3. The molecule has 1 aromatic carbocycles. The SMILES string of the molecule is CC(C)CN(C)C(=O)CCc1ccccc1O. The van der Waals surface area contributed by atoms with Crippen molar-refractivity contribution >= 4 is 5.91 Å². The minimum Gasteiger partial charge on any atom is -0.508 e. The summed E-state index contributed by atoms with van der Waals surface area (Å²) in [6.45, 7) is 4.96. The minimum absolute atomic E-state index is 0.127. The molecule has 17 heavy (non-hydrogen) atoms. The Kier molecular flexibility index (Phi) is 5.01. The number of aryl methyl sites for hydroxylation is 1. The van der Waals surface area contributed by atoms with Crippen molar-refractivity contribution in [3.63, 3.8) is 0 Å². The lowest BCUT2D eigenvalue weighted by Crippen LogP contribution is -2.30. The maximum Gasteiger partial charge on any atom is 0.222 e. The number of carbonyl (C=O) groups is 1. The number of aromatic hydroxyl groups is 1. The monoisotopic (exact) mass is 235 g/mol. The summed E-state index contributed by atoms with van der Waals surface area (Å²) in [5.74, 6) is 0.878. The van der Waals surface area contributed by atoms with Crippen molar-refractivity contribution in [1.82, 2.24) is 4.90 Å². The maximum absolute atomic E-state index is 11.8. The highest BCUT2D eigenvalue weighted by Gasteiger charge is 2.11. The number of phenols is 1. The van der Waals surface area contributed by atoms with Crippen molar-refractivity contribution in [2.75, 3.05) is 13.6 Å². The summed E-state index contributed by atoms with van der Waals surface area (Å²) in [5.41, 5.74) is 0.832. The van der Waals surface area contributed by atoms with Gasteiger partial charge in [0.25, 0.3) is 0 Å². The molecule has 0 aromatic heterocycles. The van der Waals surface area contributed by atoms with Gasteiger partial charge in [0.15, 0.2) is 0 Å². The van der Waals surface area contributed by atoms with Crippen molar-refractivity contribution < 1.29 is 9.90 Å². The Morgan fingerprint density at radius 1 is 1.35 bits per heavy atom. The van der Waals surface area contributed by atoms with Gasteiger partial charge in [0.1, 0.15) is 5.75 Å². The quantitative estimate of drug-likeness (QED) is 0.851. The summed E-state index contributed by atoms with van der Waals surface area (Å²) in [6.07, 6.45) is 1.04. The molecule has 0 spiro atoms. The summed E-state index contributed by atoms with van der Waals surface area (Å²) >= 11 is 0. The molecule has 1 amide bonds. The van der Waals surface area contributed by atoms with Crippen molar-refractivity contribution in [1.29, 1.82) is 0 Å². The van der Waals surface area contributed by atoms with E-state index in [4.69, 9.17) is 0 Å². The Labute approximate surface area is 103 Å². The molecule has 1 aromatic rings. The Balaban J connectivity index is 2.46. The number of nitrogens with zero attached hydrogens (tertiary/aromatic N) is 1. The first-order valence-corrected chi connectivity index (χ1v) is 6.01. The molecule has 0 heterocycles. The van der Waals surface area contributed by atoms with Crippen molar-refractivity contribution in [2.45, 2.75) is 26.7 Å². The van der Waals surface area contributed by atoms with E-state index in [1.54, 1.807) is 17.0 Å². The van der Waals surface area contributed by atoms with E-state index >= 15 is 0 Å². The summed E-state index contributed by atoms with van der Waals surface area (Å²) in [7, 11) is 1.83. The van der Waals surface area contributed by atoms with E-state index in [2.05, 4.69) is 13.8 Å². The first-order valence-electron chi connectivity index (χ1n) is 6.01. The van der Waals surface area contributed by atoms with Gasteiger partial charge in [-0.3, -0.25) is 4.79 Å². The number of phenolic OH excluding ortho intramolecular Hbond substituents is 1. The second-order valence-electron chi connectivity index (χ2n) is 4.80. The van der Waals surface area contributed by atoms with E-state index in [0.29, 0.717) is 18.8 Å². The number of amides is 1. The molecule has 0 aliphatic heterocycles. The molecular weight excluding hydrogens is 214 g/mol. The van der Waals surface area contributed by atoms with E-state index in [0.717, 1.165) is 12.1 Å². The van der Waals surface area contributed by atoms with Gasteiger partial charge >= 0.3 is 0 Å². The number of hydrogen-bond donors (Lipinski definition) is 1. The first-order chi connectivity index (χ1) is 8.00. The lowest BCUT2D eigenvalue weighted by Gasteiger charge is -2.19. The molecule has 0 aliphatic rings. The molecule has 0 atom stereocenters. The molecule has 0 radical (unpaired) electrons. The van der Waals surface area contributed by atoms with Crippen LogP contribution in [-0.4, -0.2) is 29.5 Å². The third kappa shape index (κ3) is 4.47. The van der Waals surface area contributed by atoms with Crippen molar-refractivity contribution in [2.24, 2.45) is 5.92 Å². The lowest BCUT2D eigenvalue weighted by molar-refractivity contribution is -0.130. The number of hydrogen-bond acceptors (Lipinski definition) is 2. The van der Waals surface area contributed by atoms with Crippen LogP contribution in [0.2, 0.25) is 0 Å². The molecular formula is C14H21NO2. The van der Waals surface area contributed by atoms with E-state index in [-0.39, 0.29) is 11.7 Å². The Morgan fingerprint density at radius 3 is 2.59 bits per heavy atom. The van der Waals surface area contributed by atoms with Gasteiger partial charge in [0.05, 0.1) is 0 Å². The van der Waals surface area contributed by atoms with Crippen molar-refractivity contribution in [3.8, 4) is 5.75 Å². The zero-order valence-corrected chi connectivity index (χ0v) is 10.8. The molecule has 0 saturated heterocycles. The Hall–Kier alpha value is -1.51. The minimum atomic E-state index is 0.127. The molecule has 0 fully saturated rings. The lowest BCUT2D eigenvalue weighted by atomic mass is 10.1. The van der Waals surface area contributed by atoms with Crippen LogP contribution in [0, 0.1) is 5.92 Å². The fourth-order valence-electron chi connectivity index (χ4n) is 1.80. The topological polar surface area (TPSA) is 40.5 Å². The normalized spacial score (nSPS) is 10.6. The van der Waals surface area contributed by atoms with E-state index in [1.807, 2.05) is 19.2 Å². The smallest absolute Gasteiger partial charge is 0.222 e. The van der Waals surface area contributed by atoms with Gasteiger partial charge in [-0.2, -0.15) is 0 Å². The molecule has 1 N–H and O–H groups in total. The van der Waals surface area contributed by atoms with Gasteiger partial charge in [-0.1, -0.05) is 32.0 Å². The average Bonchev–Trinajstić information content (AvgIpc) is 2.26. The maximum atomic E-state index is 11.8. The molecule has 0 aliphatic carbocycles. The van der Waals surface area contributed by atoms with Crippen LogP contribution in [0.15, 0.2) is 24.3 Å². The fraction of sp³-hybridized carbons (Fsp3) is 0.500. The highest BCUT2D eigenvalue weighted by molar-refractivity contribution is 5.76. The highest BCUT2D eigenvalue weighted by Crippen LogP contribution is 2.17. The predicted molar refractivity (Wildman–Crippen MR) is 68.9 cm³/mol. The van der Waals surface area contributed by atoms with Crippen LogP contribution in [-0.2, 0) is 11.2 Å². The number of benzene rings is 1. The van der Waals surface area contributed by atoms with Gasteiger partial charge < -0.3 is 10.0 Å². The van der Waals surface area contributed by atoms with Crippen molar-refractivity contribution in [3.05, 3.63) is 29.8 Å². The molecule has 3 heteroatoms. The van der Waals surface area contributed by atoms with Crippen LogP contribution >= 0.6 is 0 Å². The largest absolute Gasteiger partial charge is 0.508 e. The van der Waals surface area contributed by atoms with Crippen LogP contribution in [0.5, 0.6) is 5.75 Å². The summed E-state index contributed by atoms with van der Waals surface area (Å²) < 4.78 is 0. The third-order valence-corrected chi connectivity index (χ3v) is 2.66. The van der Waals surface area contributed by atoms with E-state index in [9.17, 15) is 9.90 Å². The molecule has 3 nitrogen and oxygen atoms in total. The first kappa shape index (κ1) is 13.6. The van der Waals surface area contributed by atoms with Crippen LogP contribution in [0.1, 0.15) is 25.8 Å². The summed E-state index contributed by atoms with van der Waals surface area (Å²) in [5, 5.41) is 9.58. The number of para-hydroxylation sites is 1. The zero-order chi connectivity index (χ0) is 12.8. The van der Waals surface area contributed by atoms with E-state index < -0.39 is 0 Å². The second-order valence-corrected chi connectivity index (χ2v) is 4.80. The average molecular weight is 235 g/mol. The fourth-order valence-corrected chi connectivity index (χ4v) is 1.80. The molecule has 94 valence electrons. The second kappa shape index (κ2) is 6.28. The van der Waals surface area contributed by atoms with Crippen LogP contribution in [0.3, 0.4) is 0 Å². The zero-order valence-electron chi connectivity index (χ0n) is 10.8. The Bertz CT molecular complexity index is 374. The third-order valence-electron chi connectivity index (χ3n) is 2.66. The van der Waals surface area contributed by atoms with Gasteiger partial charge in [-0.25, -0.2) is 0 Å².